The molecule has 134 valence electrons. The van der Waals surface area contributed by atoms with Gasteiger partial charge in [0.1, 0.15) is 11.9 Å². The third-order valence-corrected chi connectivity index (χ3v) is 4.33. The molecule has 2 aliphatic heterocycles. The van der Waals surface area contributed by atoms with Crippen LogP contribution < -0.4 is 15.4 Å². The van der Waals surface area contributed by atoms with Crippen molar-refractivity contribution in [2.24, 2.45) is 0 Å². The minimum atomic E-state index is -4.43. The van der Waals surface area contributed by atoms with Crippen molar-refractivity contribution in [1.29, 1.82) is 0 Å². The van der Waals surface area contributed by atoms with Gasteiger partial charge in [0.15, 0.2) is 0 Å². The molecule has 0 spiro atoms. The van der Waals surface area contributed by atoms with Crippen molar-refractivity contribution in [1.82, 2.24) is 4.98 Å². The SMILES string of the molecule is C[C@@H]1COCCN1c1cc(N2CCOCC2C(F)(F)F)[nH]c(=O)c1. The molecule has 0 radical (unpaired) electrons. The van der Waals surface area contributed by atoms with Gasteiger partial charge in [0.2, 0.25) is 0 Å². The Labute approximate surface area is 137 Å². The monoisotopic (exact) mass is 347 g/mol. The number of hydrogen-bond acceptors (Lipinski definition) is 5. The van der Waals surface area contributed by atoms with Gasteiger partial charge >= 0.3 is 6.18 Å². The number of alkyl halides is 3. The average Bonchev–Trinajstić information content (AvgIpc) is 2.54. The molecule has 1 unspecified atom stereocenters. The number of hydrogen-bond donors (Lipinski definition) is 1. The third kappa shape index (κ3) is 3.51. The van der Waals surface area contributed by atoms with Crippen LogP contribution in [0.25, 0.3) is 0 Å². The summed E-state index contributed by atoms with van der Waals surface area (Å²) in [5.41, 5.74) is 0.186. The highest BCUT2D eigenvalue weighted by Crippen LogP contribution is 2.31. The Balaban J connectivity index is 1.94. The molecule has 1 N–H and O–H groups in total. The molecule has 0 saturated carbocycles. The van der Waals surface area contributed by atoms with E-state index in [1.165, 1.54) is 11.0 Å². The largest absolute Gasteiger partial charge is 0.411 e. The average molecular weight is 347 g/mol. The summed E-state index contributed by atoms with van der Waals surface area (Å²) < 4.78 is 50.1. The van der Waals surface area contributed by atoms with E-state index in [2.05, 4.69) is 4.98 Å². The van der Waals surface area contributed by atoms with E-state index >= 15 is 0 Å². The first-order chi connectivity index (χ1) is 11.4. The van der Waals surface area contributed by atoms with Crippen LogP contribution in [-0.4, -0.2) is 62.8 Å². The Bertz CT molecular complexity index is 634. The summed E-state index contributed by atoms with van der Waals surface area (Å²) in [4.78, 5) is 17.7. The van der Waals surface area contributed by atoms with Crippen LogP contribution in [0, 0.1) is 0 Å². The van der Waals surface area contributed by atoms with Crippen molar-refractivity contribution in [3.05, 3.63) is 22.5 Å². The lowest BCUT2D eigenvalue weighted by Crippen LogP contribution is -2.54. The van der Waals surface area contributed by atoms with Crippen molar-refractivity contribution in [2.45, 2.75) is 25.2 Å². The number of pyridine rings is 1. The van der Waals surface area contributed by atoms with Crippen LogP contribution in [-0.2, 0) is 9.47 Å². The Kier molecular flexibility index (Phi) is 4.73. The van der Waals surface area contributed by atoms with Gasteiger partial charge in [-0.2, -0.15) is 13.2 Å². The summed E-state index contributed by atoms with van der Waals surface area (Å²) in [5.74, 6) is 0.168. The van der Waals surface area contributed by atoms with Crippen molar-refractivity contribution in [2.75, 3.05) is 49.3 Å². The fraction of sp³-hybridized carbons (Fsp3) is 0.667. The quantitative estimate of drug-likeness (QED) is 0.876. The van der Waals surface area contributed by atoms with Gasteiger partial charge in [-0.3, -0.25) is 4.79 Å². The van der Waals surface area contributed by atoms with Crippen LogP contribution >= 0.6 is 0 Å². The van der Waals surface area contributed by atoms with E-state index in [0.717, 1.165) is 0 Å². The van der Waals surface area contributed by atoms with Crippen LogP contribution in [0.3, 0.4) is 0 Å². The topological polar surface area (TPSA) is 57.8 Å². The van der Waals surface area contributed by atoms with Gasteiger partial charge in [-0.25, -0.2) is 0 Å². The number of nitrogens with zero attached hydrogens (tertiary/aromatic N) is 2. The standard InChI is InChI=1S/C15H20F3N3O3/c1-10-8-23-4-2-20(10)11-6-13(19-14(22)7-11)21-3-5-24-9-12(21)15(16,17)18/h6-7,10,12H,2-5,8-9H2,1H3,(H,19,22)/t10-,12?/m1/s1. The predicted molar refractivity (Wildman–Crippen MR) is 82.7 cm³/mol. The number of halogens is 3. The summed E-state index contributed by atoms with van der Waals surface area (Å²) in [6.07, 6.45) is -4.43. The van der Waals surface area contributed by atoms with Crippen LogP contribution in [0.5, 0.6) is 0 Å². The predicted octanol–water partition coefficient (Wildman–Crippen LogP) is 1.37. The molecule has 2 saturated heterocycles. The number of H-pyrrole nitrogens is 1. The van der Waals surface area contributed by atoms with Gasteiger partial charge in [0, 0.05) is 37.0 Å². The zero-order chi connectivity index (χ0) is 17.3. The van der Waals surface area contributed by atoms with E-state index in [9.17, 15) is 18.0 Å². The highest BCUT2D eigenvalue weighted by molar-refractivity contribution is 5.56. The minimum absolute atomic E-state index is 0.0523. The van der Waals surface area contributed by atoms with Gasteiger partial charge in [0.25, 0.3) is 5.56 Å². The van der Waals surface area contributed by atoms with Crippen LogP contribution in [0.2, 0.25) is 0 Å². The zero-order valence-corrected chi connectivity index (χ0v) is 13.3. The summed E-state index contributed by atoms with van der Waals surface area (Å²) in [6.45, 7) is 3.40. The van der Waals surface area contributed by atoms with Crippen LogP contribution in [0.15, 0.2) is 16.9 Å². The zero-order valence-electron chi connectivity index (χ0n) is 13.3. The fourth-order valence-corrected chi connectivity index (χ4v) is 3.11. The summed E-state index contributed by atoms with van der Waals surface area (Å²) in [7, 11) is 0. The molecule has 0 bridgehead atoms. The fourth-order valence-electron chi connectivity index (χ4n) is 3.11. The van der Waals surface area contributed by atoms with Crippen molar-refractivity contribution in [3.8, 4) is 0 Å². The molecular formula is C15H20F3N3O3. The number of nitrogens with one attached hydrogen (secondary N) is 1. The second-order valence-corrected chi connectivity index (χ2v) is 6.03. The number of rotatable bonds is 2. The van der Waals surface area contributed by atoms with Gasteiger partial charge in [-0.05, 0) is 6.92 Å². The molecule has 0 aromatic carbocycles. The Morgan fingerprint density at radius 2 is 1.79 bits per heavy atom. The van der Waals surface area contributed by atoms with E-state index in [1.54, 1.807) is 6.07 Å². The molecule has 2 atom stereocenters. The second kappa shape index (κ2) is 6.64. The summed E-state index contributed by atoms with van der Waals surface area (Å²) >= 11 is 0. The van der Waals surface area contributed by atoms with Gasteiger partial charge in [0.05, 0.1) is 26.4 Å². The second-order valence-electron chi connectivity index (χ2n) is 6.03. The van der Waals surface area contributed by atoms with E-state index in [4.69, 9.17) is 9.47 Å². The van der Waals surface area contributed by atoms with E-state index in [-0.39, 0.29) is 25.0 Å². The maximum atomic E-state index is 13.3. The van der Waals surface area contributed by atoms with Gasteiger partial charge < -0.3 is 24.3 Å². The first kappa shape index (κ1) is 17.1. The van der Waals surface area contributed by atoms with E-state index in [1.807, 2.05) is 11.8 Å². The van der Waals surface area contributed by atoms with E-state index < -0.39 is 24.4 Å². The summed E-state index contributed by atoms with van der Waals surface area (Å²) in [5, 5.41) is 0. The lowest BCUT2D eigenvalue weighted by Gasteiger charge is -2.39. The smallest absolute Gasteiger partial charge is 0.377 e. The van der Waals surface area contributed by atoms with Crippen molar-refractivity contribution >= 4 is 11.5 Å². The van der Waals surface area contributed by atoms with Crippen LogP contribution in [0.4, 0.5) is 24.7 Å². The number of ether oxygens (including phenoxy) is 2. The molecule has 1 aromatic rings. The first-order valence-corrected chi connectivity index (χ1v) is 7.86. The molecule has 1 aromatic heterocycles. The number of aromatic nitrogens is 1. The number of aromatic amines is 1. The number of anilines is 2. The molecule has 24 heavy (non-hydrogen) atoms. The molecule has 3 rings (SSSR count). The third-order valence-electron chi connectivity index (χ3n) is 4.33. The molecule has 2 fully saturated rings. The highest BCUT2D eigenvalue weighted by Gasteiger charge is 2.45. The Morgan fingerprint density at radius 1 is 1.12 bits per heavy atom. The minimum Gasteiger partial charge on any atom is -0.377 e. The maximum Gasteiger partial charge on any atom is 0.411 e. The normalized spacial score (nSPS) is 25.8. The molecule has 9 heteroatoms. The first-order valence-electron chi connectivity index (χ1n) is 7.86. The molecule has 2 aliphatic rings. The van der Waals surface area contributed by atoms with Crippen LogP contribution in [0.1, 0.15) is 6.92 Å². The molecule has 3 heterocycles. The van der Waals surface area contributed by atoms with Gasteiger partial charge in [-0.15, -0.1) is 0 Å². The lowest BCUT2D eigenvalue weighted by atomic mass is 10.2. The number of morpholine rings is 2. The maximum absolute atomic E-state index is 13.3. The molecule has 6 nitrogen and oxygen atoms in total. The van der Waals surface area contributed by atoms with E-state index in [0.29, 0.717) is 25.4 Å². The van der Waals surface area contributed by atoms with Crippen molar-refractivity contribution < 1.29 is 22.6 Å². The highest BCUT2D eigenvalue weighted by atomic mass is 19.4. The summed E-state index contributed by atoms with van der Waals surface area (Å²) in [6, 6.07) is 1.30. The molecule has 0 amide bonds. The van der Waals surface area contributed by atoms with Gasteiger partial charge in [-0.1, -0.05) is 0 Å². The molecule has 0 aliphatic carbocycles. The lowest BCUT2D eigenvalue weighted by molar-refractivity contribution is -0.167. The Hall–Kier alpha value is -1.74. The molecular weight excluding hydrogens is 327 g/mol. The van der Waals surface area contributed by atoms with Crippen molar-refractivity contribution in [3.63, 3.8) is 0 Å². The Morgan fingerprint density at radius 3 is 2.46 bits per heavy atom.